The molecule has 194 valence electrons. The van der Waals surface area contributed by atoms with Gasteiger partial charge in [0.1, 0.15) is 11.9 Å². The highest BCUT2D eigenvalue weighted by Crippen LogP contribution is 2.36. The molecule has 3 heterocycles. The van der Waals surface area contributed by atoms with Crippen molar-refractivity contribution >= 4 is 28.6 Å². The maximum atomic E-state index is 15.5. The summed E-state index contributed by atoms with van der Waals surface area (Å²) in [5, 5.41) is 11.2. The predicted molar refractivity (Wildman–Crippen MR) is 140 cm³/mol. The highest BCUT2D eigenvalue weighted by Gasteiger charge is 2.30. The molecule has 0 aliphatic carbocycles. The fourth-order valence-electron chi connectivity index (χ4n) is 5.20. The number of rotatable bonds is 12. The van der Waals surface area contributed by atoms with Gasteiger partial charge in [0.25, 0.3) is 0 Å². The summed E-state index contributed by atoms with van der Waals surface area (Å²) in [4.78, 5) is 22.3. The Balaban J connectivity index is 1.36. The van der Waals surface area contributed by atoms with Gasteiger partial charge in [0.2, 0.25) is 0 Å². The first-order valence-electron chi connectivity index (χ1n) is 12.5. The summed E-state index contributed by atoms with van der Waals surface area (Å²) in [5.74, 6) is 1.47. The van der Waals surface area contributed by atoms with Gasteiger partial charge in [-0.15, -0.1) is 11.8 Å². The minimum atomic E-state index is -1.10. The summed E-state index contributed by atoms with van der Waals surface area (Å²) in [6, 6.07) is 7.30. The molecule has 0 radical (unpaired) electrons. The van der Waals surface area contributed by atoms with Crippen molar-refractivity contribution in [1.82, 2.24) is 19.4 Å². The largest absolute Gasteiger partial charge is 0.497 e. The van der Waals surface area contributed by atoms with E-state index >= 15 is 4.39 Å². The Morgan fingerprint density at radius 3 is 2.92 bits per heavy atom. The minimum absolute atomic E-state index is 0.159. The number of pyridine rings is 1. The molecule has 1 saturated heterocycles. The van der Waals surface area contributed by atoms with E-state index in [-0.39, 0.29) is 12.3 Å². The van der Waals surface area contributed by atoms with Gasteiger partial charge in [-0.3, -0.25) is 9.78 Å². The van der Waals surface area contributed by atoms with Crippen LogP contribution in [-0.4, -0.2) is 63.0 Å². The first-order valence-corrected chi connectivity index (χ1v) is 13.5. The van der Waals surface area contributed by atoms with Crippen molar-refractivity contribution in [1.29, 1.82) is 0 Å². The molecular formula is C27H35FN4O3S. The minimum Gasteiger partial charge on any atom is -0.497 e. The van der Waals surface area contributed by atoms with Crippen LogP contribution in [0, 0.1) is 11.8 Å². The Bertz CT molecular complexity index is 1160. The number of carbonyl (C=O) groups is 1. The lowest BCUT2D eigenvalue weighted by atomic mass is 9.79. The lowest BCUT2D eigenvalue weighted by molar-refractivity contribution is -0.137. The van der Waals surface area contributed by atoms with Gasteiger partial charge < -0.3 is 19.3 Å². The van der Waals surface area contributed by atoms with Gasteiger partial charge in [0.15, 0.2) is 0 Å². The van der Waals surface area contributed by atoms with Crippen molar-refractivity contribution in [3.8, 4) is 5.75 Å². The molecule has 9 heteroatoms. The molecule has 3 atom stereocenters. The summed E-state index contributed by atoms with van der Waals surface area (Å²) in [5.41, 5.74) is 1.40. The average molecular weight is 515 g/mol. The zero-order valence-electron chi connectivity index (χ0n) is 21.0. The molecule has 4 rings (SSSR count). The lowest BCUT2D eigenvalue weighted by Crippen LogP contribution is -2.41. The molecule has 1 aliphatic heterocycles. The number of benzene rings is 1. The Hall–Kier alpha value is -2.65. The number of hydrogen-bond acceptors (Lipinski definition) is 6. The van der Waals surface area contributed by atoms with Crippen LogP contribution in [-0.2, 0) is 11.8 Å². The fraction of sp³-hybridized carbons (Fsp3) is 0.519. The molecule has 0 amide bonds. The fourth-order valence-corrected chi connectivity index (χ4v) is 6.15. The van der Waals surface area contributed by atoms with Crippen molar-refractivity contribution in [2.75, 3.05) is 32.5 Å². The van der Waals surface area contributed by atoms with Crippen LogP contribution in [0.15, 0.2) is 48.0 Å². The van der Waals surface area contributed by atoms with E-state index in [9.17, 15) is 9.90 Å². The second-order valence-corrected chi connectivity index (χ2v) is 10.7. The van der Waals surface area contributed by atoms with Crippen LogP contribution >= 0.6 is 11.8 Å². The van der Waals surface area contributed by atoms with E-state index < -0.39 is 12.1 Å². The van der Waals surface area contributed by atoms with Crippen molar-refractivity contribution < 1.29 is 19.0 Å². The second kappa shape index (κ2) is 12.5. The van der Waals surface area contributed by atoms with Gasteiger partial charge in [-0.1, -0.05) is 0 Å². The Morgan fingerprint density at radius 2 is 2.17 bits per heavy atom. The van der Waals surface area contributed by atoms with E-state index in [1.807, 2.05) is 36.0 Å². The van der Waals surface area contributed by atoms with Crippen LogP contribution in [0.5, 0.6) is 5.75 Å². The Labute approximate surface area is 216 Å². The topological polar surface area (TPSA) is 80.5 Å². The third-order valence-electron chi connectivity index (χ3n) is 7.25. The third kappa shape index (κ3) is 6.76. The summed E-state index contributed by atoms with van der Waals surface area (Å²) in [6.07, 6.45) is 7.17. The number of thioether (sulfide) groups is 1. The molecule has 2 aromatic heterocycles. The number of piperidine rings is 1. The summed E-state index contributed by atoms with van der Waals surface area (Å²) in [6.45, 7) is 2.78. The number of methoxy groups -OCH3 is 1. The summed E-state index contributed by atoms with van der Waals surface area (Å²) in [7, 11) is 3.59. The Morgan fingerprint density at radius 1 is 1.31 bits per heavy atom. The maximum absolute atomic E-state index is 15.5. The van der Waals surface area contributed by atoms with Crippen LogP contribution in [0.25, 0.3) is 10.9 Å². The van der Waals surface area contributed by atoms with Crippen molar-refractivity contribution in [2.45, 2.75) is 43.3 Å². The van der Waals surface area contributed by atoms with E-state index in [1.165, 1.54) is 0 Å². The Kier molecular flexibility index (Phi) is 9.20. The van der Waals surface area contributed by atoms with Gasteiger partial charge in [0, 0.05) is 43.9 Å². The van der Waals surface area contributed by atoms with Crippen LogP contribution in [0.1, 0.15) is 43.8 Å². The van der Waals surface area contributed by atoms with E-state index in [2.05, 4.69) is 14.9 Å². The van der Waals surface area contributed by atoms with Crippen LogP contribution < -0.4 is 4.74 Å². The van der Waals surface area contributed by atoms with Gasteiger partial charge in [0.05, 0.1) is 30.2 Å². The maximum Gasteiger partial charge on any atom is 0.303 e. The van der Waals surface area contributed by atoms with Gasteiger partial charge in [-0.25, -0.2) is 9.37 Å². The normalized spacial score (nSPS) is 19.4. The third-order valence-corrected chi connectivity index (χ3v) is 8.32. The molecule has 1 aliphatic rings. The van der Waals surface area contributed by atoms with E-state index in [1.54, 1.807) is 37.5 Å². The molecule has 3 aromatic rings. The number of halogens is 1. The van der Waals surface area contributed by atoms with Gasteiger partial charge in [-0.05, 0) is 73.9 Å². The number of nitrogens with zero attached hydrogens (tertiary/aromatic N) is 4. The molecule has 36 heavy (non-hydrogen) atoms. The van der Waals surface area contributed by atoms with E-state index in [0.29, 0.717) is 30.1 Å². The number of carboxylic acids is 1. The summed E-state index contributed by atoms with van der Waals surface area (Å²) >= 11 is 1.78. The van der Waals surface area contributed by atoms with Crippen LogP contribution in [0.4, 0.5) is 4.39 Å². The summed E-state index contributed by atoms with van der Waals surface area (Å²) < 4.78 is 22.9. The van der Waals surface area contributed by atoms with Crippen molar-refractivity contribution in [3.05, 3.63) is 48.5 Å². The smallest absolute Gasteiger partial charge is 0.303 e. The highest BCUT2D eigenvalue weighted by atomic mass is 32.2. The quantitative estimate of drug-likeness (QED) is 0.326. The standard InChI is InChI=1S/C27H35FN4O3S/c1-31-18-29-16-26(31)36-14-13-32-12-10-19(20(17-32)4-8-27(33)34)3-6-24(28)22-9-11-30-25-7-5-21(35-2)15-23(22)25/h5,7,9,11,15-16,18-20,24H,3-4,6,8,10,12-14,17H2,1-2H3,(H,33,34)/t19?,20?,24-/m0/s1. The zero-order valence-corrected chi connectivity index (χ0v) is 21.8. The van der Waals surface area contributed by atoms with E-state index in [4.69, 9.17) is 4.74 Å². The monoisotopic (exact) mass is 514 g/mol. The zero-order chi connectivity index (χ0) is 25.5. The lowest BCUT2D eigenvalue weighted by Gasteiger charge is -2.39. The number of ether oxygens (including phenoxy) is 1. The number of imidazole rings is 1. The number of fused-ring (bicyclic) bond motifs is 1. The molecule has 7 nitrogen and oxygen atoms in total. The number of hydrogen-bond donors (Lipinski definition) is 1. The van der Waals surface area contributed by atoms with Crippen LogP contribution in [0.3, 0.4) is 0 Å². The molecule has 0 spiro atoms. The molecule has 1 N–H and O–H groups in total. The first-order chi connectivity index (χ1) is 17.4. The van der Waals surface area contributed by atoms with Crippen molar-refractivity contribution in [2.24, 2.45) is 18.9 Å². The number of carboxylic acid groups (broad SMARTS) is 1. The molecule has 0 bridgehead atoms. The van der Waals surface area contributed by atoms with Gasteiger partial charge in [-0.2, -0.15) is 0 Å². The number of aryl methyl sites for hydroxylation is 1. The van der Waals surface area contributed by atoms with Crippen LogP contribution in [0.2, 0.25) is 0 Å². The molecule has 1 aromatic carbocycles. The highest BCUT2D eigenvalue weighted by molar-refractivity contribution is 7.99. The average Bonchev–Trinajstić information content (AvgIpc) is 3.30. The number of alkyl halides is 1. The number of aromatic nitrogens is 3. The molecule has 2 unspecified atom stereocenters. The SMILES string of the molecule is COc1ccc2nccc([C@@H](F)CCC3CCN(CCSc4cncn4C)CC3CCC(=O)O)c2c1. The molecule has 0 saturated carbocycles. The predicted octanol–water partition coefficient (Wildman–Crippen LogP) is 5.36. The molecule has 1 fully saturated rings. The number of likely N-dealkylation sites (tertiary alicyclic amines) is 1. The van der Waals surface area contributed by atoms with Gasteiger partial charge >= 0.3 is 5.97 Å². The second-order valence-electron chi connectivity index (χ2n) is 9.56. The first kappa shape index (κ1) is 26.4. The van der Waals surface area contributed by atoms with E-state index in [0.717, 1.165) is 54.2 Å². The van der Waals surface area contributed by atoms with Crippen molar-refractivity contribution in [3.63, 3.8) is 0 Å². The number of aliphatic carboxylic acids is 1. The molecular weight excluding hydrogens is 479 g/mol.